The topological polar surface area (TPSA) is 75.3 Å². The maximum atomic E-state index is 13.2. The predicted octanol–water partition coefficient (Wildman–Crippen LogP) is 3.69. The maximum absolute atomic E-state index is 13.2. The number of sulfonamides is 1. The molecule has 2 rings (SSSR count). The van der Waals surface area contributed by atoms with E-state index in [1.54, 1.807) is 0 Å². The molecule has 0 aromatic heterocycles. The molecule has 0 heterocycles. The number of halogens is 2. The molecule has 0 aliphatic carbocycles. The van der Waals surface area contributed by atoms with Crippen LogP contribution in [0, 0.1) is 11.6 Å². The largest absolute Gasteiger partial charge is 0.322 e. The SMILES string of the molecule is CCCCCNS(=O)(=O)c1cccc(C(=O)Nc2ccc(F)c(F)c2)c1. The van der Waals surface area contributed by atoms with Crippen LogP contribution in [0.1, 0.15) is 36.5 Å². The smallest absolute Gasteiger partial charge is 0.255 e. The molecule has 26 heavy (non-hydrogen) atoms. The van der Waals surface area contributed by atoms with Crippen molar-refractivity contribution < 1.29 is 22.0 Å². The van der Waals surface area contributed by atoms with Crippen LogP contribution in [-0.4, -0.2) is 20.9 Å². The third kappa shape index (κ3) is 5.34. The van der Waals surface area contributed by atoms with Gasteiger partial charge in [0.15, 0.2) is 11.6 Å². The van der Waals surface area contributed by atoms with Gasteiger partial charge in [-0.2, -0.15) is 0 Å². The van der Waals surface area contributed by atoms with E-state index in [2.05, 4.69) is 10.0 Å². The number of amides is 1. The van der Waals surface area contributed by atoms with E-state index in [0.717, 1.165) is 31.4 Å². The molecule has 2 aromatic rings. The molecule has 8 heteroatoms. The molecule has 0 atom stereocenters. The summed E-state index contributed by atoms with van der Waals surface area (Å²) in [5.74, 6) is -2.74. The van der Waals surface area contributed by atoms with E-state index in [1.807, 2.05) is 6.92 Å². The number of carbonyl (C=O) groups excluding carboxylic acids is 1. The highest BCUT2D eigenvalue weighted by molar-refractivity contribution is 7.89. The van der Waals surface area contributed by atoms with Gasteiger partial charge in [0.2, 0.25) is 10.0 Å². The summed E-state index contributed by atoms with van der Waals surface area (Å²) in [5, 5.41) is 2.40. The van der Waals surface area contributed by atoms with E-state index in [1.165, 1.54) is 30.3 Å². The van der Waals surface area contributed by atoms with Crippen LogP contribution in [0.3, 0.4) is 0 Å². The van der Waals surface area contributed by atoms with Crippen molar-refractivity contribution in [3.63, 3.8) is 0 Å². The lowest BCUT2D eigenvalue weighted by atomic mass is 10.2. The van der Waals surface area contributed by atoms with E-state index < -0.39 is 27.6 Å². The molecule has 2 N–H and O–H groups in total. The molecule has 0 spiro atoms. The van der Waals surface area contributed by atoms with Crippen LogP contribution >= 0.6 is 0 Å². The molecule has 5 nitrogen and oxygen atoms in total. The van der Waals surface area contributed by atoms with Gasteiger partial charge in [0.1, 0.15) is 0 Å². The Labute approximate surface area is 151 Å². The van der Waals surface area contributed by atoms with Crippen molar-refractivity contribution >= 4 is 21.6 Å². The second kappa shape index (κ2) is 8.86. The highest BCUT2D eigenvalue weighted by Crippen LogP contribution is 2.16. The fourth-order valence-electron chi connectivity index (χ4n) is 2.25. The van der Waals surface area contributed by atoms with Gasteiger partial charge >= 0.3 is 0 Å². The molecular weight excluding hydrogens is 362 g/mol. The van der Waals surface area contributed by atoms with Gasteiger partial charge in [0.05, 0.1) is 4.90 Å². The van der Waals surface area contributed by atoms with Crippen LogP contribution in [0.25, 0.3) is 0 Å². The van der Waals surface area contributed by atoms with Gasteiger partial charge in [-0.15, -0.1) is 0 Å². The third-order valence-electron chi connectivity index (χ3n) is 3.66. The van der Waals surface area contributed by atoms with Crippen molar-refractivity contribution in [2.24, 2.45) is 0 Å². The van der Waals surface area contributed by atoms with Crippen molar-refractivity contribution in [3.8, 4) is 0 Å². The van der Waals surface area contributed by atoms with Crippen molar-refractivity contribution in [2.75, 3.05) is 11.9 Å². The Kier molecular flexibility index (Phi) is 6.82. The fraction of sp³-hybridized carbons (Fsp3) is 0.278. The van der Waals surface area contributed by atoms with Crippen molar-refractivity contribution in [2.45, 2.75) is 31.1 Å². The van der Waals surface area contributed by atoms with Gasteiger partial charge in [-0.3, -0.25) is 4.79 Å². The van der Waals surface area contributed by atoms with E-state index in [4.69, 9.17) is 0 Å². The van der Waals surface area contributed by atoms with Gasteiger partial charge in [-0.05, 0) is 36.8 Å². The quantitative estimate of drug-likeness (QED) is 0.684. The van der Waals surface area contributed by atoms with Crippen LogP contribution in [-0.2, 0) is 10.0 Å². The van der Waals surface area contributed by atoms with Gasteiger partial charge in [0.25, 0.3) is 5.91 Å². The first kappa shape index (κ1) is 20.0. The van der Waals surface area contributed by atoms with E-state index >= 15 is 0 Å². The highest BCUT2D eigenvalue weighted by Gasteiger charge is 2.16. The first-order chi connectivity index (χ1) is 12.3. The Morgan fingerprint density at radius 3 is 2.50 bits per heavy atom. The lowest BCUT2D eigenvalue weighted by molar-refractivity contribution is 0.102. The minimum absolute atomic E-state index is 0.0352. The molecule has 0 aliphatic heterocycles. The number of unbranched alkanes of at least 4 members (excludes halogenated alkanes) is 2. The van der Waals surface area contributed by atoms with Crippen molar-refractivity contribution in [1.29, 1.82) is 0 Å². The Hall–Kier alpha value is -2.32. The molecule has 2 aromatic carbocycles. The number of nitrogens with one attached hydrogen (secondary N) is 2. The van der Waals surface area contributed by atoms with Crippen LogP contribution in [0.2, 0.25) is 0 Å². The van der Waals surface area contributed by atoms with Crippen molar-refractivity contribution in [3.05, 3.63) is 59.7 Å². The minimum Gasteiger partial charge on any atom is -0.322 e. The Bertz CT molecular complexity index is 886. The third-order valence-corrected chi connectivity index (χ3v) is 5.12. The molecule has 0 bridgehead atoms. The Balaban J connectivity index is 2.12. The van der Waals surface area contributed by atoms with Gasteiger partial charge in [-0.1, -0.05) is 25.8 Å². The van der Waals surface area contributed by atoms with E-state index in [0.29, 0.717) is 6.54 Å². The molecule has 0 fully saturated rings. The summed E-state index contributed by atoms with van der Waals surface area (Å²) in [6.45, 7) is 2.34. The molecular formula is C18H20F2N2O3S. The lowest BCUT2D eigenvalue weighted by Crippen LogP contribution is -2.25. The van der Waals surface area contributed by atoms with Crippen molar-refractivity contribution in [1.82, 2.24) is 4.72 Å². The van der Waals surface area contributed by atoms with Gasteiger partial charge in [0, 0.05) is 23.9 Å². The number of hydrogen-bond acceptors (Lipinski definition) is 3. The number of hydrogen-bond donors (Lipinski definition) is 2. The van der Waals surface area contributed by atoms with Crippen LogP contribution in [0.4, 0.5) is 14.5 Å². The van der Waals surface area contributed by atoms with E-state index in [9.17, 15) is 22.0 Å². The number of carbonyl (C=O) groups is 1. The van der Waals surface area contributed by atoms with Crippen LogP contribution in [0.15, 0.2) is 47.4 Å². The van der Waals surface area contributed by atoms with Crippen LogP contribution < -0.4 is 10.0 Å². The zero-order valence-electron chi connectivity index (χ0n) is 14.3. The second-order valence-electron chi connectivity index (χ2n) is 5.72. The number of benzene rings is 2. The summed E-state index contributed by atoms with van der Waals surface area (Å²) < 4.78 is 53.2. The molecule has 0 radical (unpaired) electrons. The van der Waals surface area contributed by atoms with E-state index in [-0.39, 0.29) is 16.1 Å². The van der Waals surface area contributed by atoms with Gasteiger partial charge < -0.3 is 5.32 Å². The van der Waals surface area contributed by atoms with Crippen LogP contribution in [0.5, 0.6) is 0 Å². The first-order valence-electron chi connectivity index (χ1n) is 8.19. The molecule has 0 unspecified atom stereocenters. The standard InChI is InChI=1S/C18H20F2N2O3S/c1-2-3-4-10-21-26(24,25)15-7-5-6-13(11-15)18(23)22-14-8-9-16(19)17(20)12-14/h5-9,11-12,21H,2-4,10H2,1H3,(H,22,23). The summed E-state index contributed by atoms with van der Waals surface area (Å²) in [5.41, 5.74) is 0.158. The molecule has 0 saturated carbocycles. The fourth-order valence-corrected chi connectivity index (χ4v) is 3.37. The lowest BCUT2D eigenvalue weighted by Gasteiger charge is -2.09. The second-order valence-corrected chi connectivity index (χ2v) is 7.48. The average Bonchev–Trinajstić information content (AvgIpc) is 2.62. The Morgan fingerprint density at radius 2 is 1.81 bits per heavy atom. The summed E-state index contributed by atoms with van der Waals surface area (Å²) in [6, 6.07) is 8.46. The zero-order chi connectivity index (χ0) is 19.2. The summed E-state index contributed by atoms with van der Waals surface area (Å²) >= 11 is 0. The number of anilines is 1. The Morgan fingerprint density at radius 1 is 1.04 bits per heavy atom. The molecule has 1 amide bonds. The molecule has 0 saturated heterocycles. The minimum atomic E-state index is -3.72. The summed E-state index contributed by atoms with van der Waals surface area (Å²) in [4.78, 5) is 12.2. The predicted molar refractivity (Wildman–Crippen MR) is 95.5 cm³/mol. The summed E-state index contributed by atoms with van der Waals surface area (Å²) in [7, 11) is -3.72. The van der Waals surface area contributed by atoms with Gasteiger partial charge in [-0.25, -0.2) is 21.9 Å². The molecule has 140 valence electrons. The summed E-state index contributed by atoms with van der Waals surface area (Å²) in [6.07, 6.45) is 2.62. The maximum Gasteiger partial charge on any atom is 0.255 e. The average molecular weight is 382 g/mol. The highest BCUT2D eigenvalue weighted by atomic mass is 32.2. The molecule has 0 aliphatic rings. The zero-order valence-corrected chi connectivity index (χ0v) is 15.1. The first-order valence-corrected chi connectivity index (χ1v) is 9.68. The normalized spacial score (nSPS) is 11.3. The monoisotopic (exact) mass is 382 g/mol. The number of rotatable bonds is 8.